The van der Waals surface area contributed by atoms with E-state index in [1.165, 1.54) is 6.26 Å². The first kappa shape index (κ1) is 18.4. The van der Waals surface area contributed by atoms with Crippen molar-refractivity contribution in [2.45, 2.75) is 38.4 Å². The molecule has 1 fully saturated rings. The summed E-state index contributed by atoms with van der Waals surface area (Å²) in [4.78, 5) is 22.9. The van der Waals surface area contributed by atoms with E-state index in [0.717, 1.165) is 17.3 Å². The molecule has 146 valence electrons. The number of hydrogen-bond acceptors (Lipinski definition) is 6. The molecule has 7 heteroatoms. The van der Waals surface area contributed by atoms with E-state index in [1.54, 1.807) is 11.1 Å². The molecule has 1 amide bonds. The van der Waals surface area contributed by atoms with Crippen molar-refractivity contribution in [3.05, 3.63) is 54.4 Å². The number of amides is 1. The first-order valence-corrected chi connectivity index (χ1v) is 9.50. The summed E-state index contributed by atoms with van der Waals surface area (Å²) >= 11 is 0. The Hall–Kier alpha value is -2.93. The van der Waals surface area contributed by atoms with Gasteiger partial charge in [0.1, 0.15) is 12.0 Å². The number of benzene rings is 1. The third kappa shape index (κ3) is 3.84. The second kappa shape index (κ2) is 7.59. The fourth-order valence-corrected chi connectivity index (χ4v) is 3.50. The van der Waals surface area contributed by atoms with Crippen LogP contribution >= 0.6 is 0 Å². The van der Waals surface area contributed by atoms with E-state index in [9.17, 15) is 9.90 Å². The van der Waals surface area contributed by atoms with Crippen LogP contribution in [0.15, 0.2) is 47.2 Å². The summed E-state index contributed by atoms with van der Waals surface area (Å²) in [5.74, 6) is 0.784. The maximum Gasteiger partial charge on any atom is 0.275 e. The Labute approximate surface area is 163 Å². The Kier molecular flexibility index (Phi) is 5.00. The lowest BCUT2D eigenvalue weighted by Gasteiger charge is -2.38. The van der Waals surface area contributed by atoms with E-state index in [1.807, 2.05) is 37.3 Å². The summed E-state index contributed by atoms with van der Waals surface area (Å²) in [6, 6.07) is 9.46. The zero-order valence-electron chi connectivity index (χ0n) is 15.8. The lowest BCUT2D eigenvalue weighted by molar-refractivity contribution is -0.0271. The van der Waals surface area contributed by atoms with E-state index in [2.05, 4.69) is 9.97 Å². The highest BCUT2D eigenvalue weighted by Crippen LogP contribution is 2.25. The summed E-state index contributed by atoms with van der Waals surface area (Å²) in [7, 11) is 0. The van der Waals surface area contributed by atoms with Crippen molar-refractivity contribution in [2.24, 2.45) is 0 Å². The van der Waals surface area contributed by atoms with Gasteiger partial charge in [0, 0.05) is 24.7 Å². The van der Waals surface area contributed by atoms with Crippen LogP contribution in [0.3, 0.4) is 0 Å². The van der Waals surface area contributed by atoms with E-state index >= 15 is 0 Å². The number of β-amino-alcohol motifs (C(OH)–C–C–N with tert-alkyl or cyclic N) is 1. The molecule has 1 N–H and O–H groups in total. The molecule has 1 atom stereocenters. The van der Waals surface area contributed by atoms with Crippen molar-refractivity contribution in [1.29, 1.82) is 0 Å². The third-order valence-corrected chi connectivity index (χ3v) is 5.21. The number of nitrogens with zero attached hydrogens (tertiary/aromatic N) is 3. The normalized spacial score (nSPS) is 19.7. The summed E-state index contributed by atoms with van der Waals surface area (Å²) in [5.41, 5.74) is 0.322. The van der Waals surface area contributed by atoms with Gasteiger partial charge in [-0.2, -0.15) is 0 Å². The highest BCUT2D eigenvalue weighted by molar-refractivity contribution is 5.92. The standard InChI is InChI=1S/C21H23N3O4/c1-2-21(26)8-4-10-24(14-21)20(25)18-12-28-19(23-18)13-27-16-6-7-17-15(11-16)5-3-9-22-17/h3,5-7,9,11-12,26H,2,4,8,10,13-14H2,1H3. The van der Waals surface area contributed by atoms with Gasteiger partial charge < -0.3 is 19.2 Å². The fourth-order valence-electron chi connectivity index (χ4n) is 3.50. The van der Waals surface area contributed by atoms with Crippen molar-refractivity contribution >= 4 is 16.8 Å². The SMILES string of the molecule is CCC1(O)CCCN(C(=O)c2coc(COc3ccc4ncccc4c3)n2)C1. The number of hydrogen-bond donors (Lipinski definition) is 1. The minimum atomic E-state index is -0.811. The molecule has 2 aromatic heterocycles. The molecule has 3 heterocycles. The highest BCUT2D eigenvalue weighted by Gasteiger charge is 2.34. The average Bonchev–Trinajstić information content (AvgIpc) is 3.20. The van der Waals surface area contributed by atoms with Crippen molar-refractivity contribution in [3.63, 3.8) is 0 Å². The zero-order chi connectivity index (χ0) is 19.6. The topological polar surface area (TPSA) is 88.7 Å². The maximum atomic E-state index is 12.7. The second-order valence-corrected chi connectivity index (χ2v) is 7.18. The monoisotopic (exact) mass is 381 g/mol. The lowest BCUT2D eigenvalue weighted by Crippen LogP contribution is -2.50. The van der Waals surface area contributed by atoms with E-state index < -0.39 is 5.60 Å². The van der Waals surface area contributed by atoms with Gasteiger partial charge >= 0.3 is 0 Å². The van der Waals surface area contributed by atoms with Crippen molar-refractivity contribution < 1.29 is 19.1 Å². The molecule has 0 spiro atoms. The molecule has 0 radical (unpaired) electrons. The number of carbonyl (C=O) groups excluding carboxylic acids is 1. The summed E-state index contributed by atoms with van der Waals surface area (Å²) in [6.07, 6.45) is 5.21. The molecule has 1 aliphatic rings. The largest absolute Gasteiger partial charge is 0.484 e. The molecule has 1 aromatic carbocycles. The average molecular weight is 381 g/mol. The Bertz CT molecular complexity index is 986. The number of aliphatic hydroxyl groups is 1. The van der Waals surface area contributed by atoms with Crippen LogP contribution in [0, 0.1) is 0 Å². The van der Waals surface area contributed by atoms with Crippen molar-refractivity contribution in [3.8, 4) is 5.75 Å². The second-order valence-electron chi connectivity index (χ2n) is 7.18. The van der Waals surface area contributed by atoms with Crippen LogP contribution in [0.1, 0.15) is 42.6 Å². The van der Waals surface area contributed by atoms with Gasteiger partial charge in [0.15, 0.2) is 12.3 Å². The molecule has 1 saturated heterocycles. The van der Waals surface area contributed by atoms with Crippen LogP contribution in [-0.2, 0) is 6.61 Å². The van der Waals surface area contributed by atoms with Crippen LogP contribution in [0.2, 0.25) is 0 Å². The number of pyridine rings is 1. The third-order valence-electron chi connectivity index (χ3n) is 5.21. The van der Waals surface area contributed by atoms with E-state index in [4.69, 9.17) is 9.15 Å². The van der Waals surface area contributed by atoms with Gasteiger partial charge in [-0.25, -0.2) is 4.98 Å². The Morgan fingerprint density at radius 1 is 1.39 bits per heavy atom. The Balaban J connectivity index is 1.40. The number of piperidine rings is 1. The highest BCUT2D eigenvalue weighted by atomic mass is 16.5. The molecule has 7 nitrogen and oxygen atoms in total. The Morgan fingerprint density at radius 3 is 3.14 bits per heavy atom. The van der Waals surface area contributed by atoms with Crippen LogP contribution in [-0.4, -0.2) is 44.6 Å². The molecule has 0 aliphatic carbocycles. The van der Waals surface area contributed by atoms with Crippen LogP contribution in [0.5, 0.6) is 5.75 Å². The number of rotatable bonds is 5. The van der Waals surface area contributed by atoms with Crippen molar-refractivity contribution in [1.82, 2.24) is 14.9 Å². The minimum absolute atomic E-state index is 0.123. The predicted molar refractivity (Wildman–Crippen MR) is 103 cm³/mol. The van der Waals surface area contributed by atoms with Crippen molar-refractivity contribution in [2.75, 3.05) is 13.1 Å². The van der Waals surface area contributed by atoms with Gasteiger partial charge in [0.2, 0.25) is 5.89 Å². The maximum absolute atomic E-state index is 12.7. The van der Waals surface area contributed by atoms with E-state index in [0.29, 0.717) is 37.6 Å². The van der Waals surface area contributed by atoms with Gasteiger partial charge in [0.05, 0.1) is 11.1 Å². The predicted octanol–water partition coefficient (Wildman–Crippen LogP) is 3.18. The zero-order valence-corrected chi connectivity index (χ0v) is 15.8. The smallest absolute Gasteiger partial charge is 0.275 e. The summed E-state index contributed by atoms with van der Waals surface area (Å²) in [6.45, 7) is 3.00. The van der Waals surface area contributed by atoms with Crippen LogP contribution in [0.4, 0.5) is 0 Å². The Morgan fingerprint density at radius 2 is 2.29 bits per heavy atom. The number of fused-ring (bicyclic) bond motifs is 1. The molecular weight excluding hydrogens is 358 g/mol. The fraction of sp³-hybridized carbons (Fsp3) is 0.381. The van der Waals surface area contributed by atoms with Gasteiger partial charge in [-0.15, -0.1) is 0 Å². The molecule has 1 unspecified atom stereocenters. The number of likely N-dealkylation sites (tertiary alicyclic amines) is 1. The molecule has 0 bridgehead atoms. The number of ether oxygens (including phenoxy) is 1. The lowest BCUT2D eigenvalue weighted by atomic mass is 9.90. The summed E-state index contributed by atoms with van der Waals surface area (Å²) in [5, 5.41) is 11.5. The quantitative estimate of drug-likeness (QED) is 0.730. The molecule has 4 rings (SSSR count). The molecular formula is C21H23N3O4. The van der Waals surface area contributed by atoms with E-state index in [-0.39, 0.29) is 18.2 Å². The molecule has 0 saturated carbocycles. The molecule has 1 aliphatic heterocycles. The number of aromatic nitrogens is 2. The van der Waals surface area contributed by atoms with Crippen LogP contribution in [0.25, 0.3) is 10.9 Å². The molecule has 28 heavy (non-hydrogen) atoms. The number of carbonyl (C=O) groups is 1. The van der Waals surface area contributed by atoms with Gasteiger partial charge in [-0.3, -0.25) is 9.78 Å². The first-order valence-electron chi connectivity index (χ1n) is 9.50. The van der Waals surface area contributed by atoms with Gasteiger partial charge in [-0.1, -0.05) is 13.0 Å². The van der Waals surface area contributed by atoms with Gasteiger partial charge in [0.25, 0.3) is 5.91 Å². The van der Waals surface area contributed by atoms with Crippen LogP contribution < -0.4 is 4.74 Å². The summed E-state index contributed by atoms with van der Waals surface area (Å²) < 4.78 is 11.1. The van der Waals surface area contributed by atoms with Gasteiger partial charge in [-0.05, 0) is 43.5 Å². The first-order chi connectivity index (χ1) is 13.6. The number of oxazole rings is 1. The molecule has 3 aromatic rings. The minimum Gasteiger partial charge on any atom is -0.484 e.